The summed E-state index contributed by atoms with van der Waals surface area (Å²) in [5, 5.41) is 1.11. The Kier molecular flexibility index (Phi) is 4.23. The minimum atomic E-state index is 0.231. The van der Waals surface area contributed by atoms with Crippen LogP contribution in [0.1, 0.15) is 29.8 Å². The Balaban J connectivity index is 1.66. The molecule has 0 bridgehead atoms. The van der Waals surface area contributed by atoms with Gasteiger partial charge in [0.15, 0.2) is 0 Å². The number of amides is 1. The van der Waals surface area contributed by atoms with Crippen LogP contribution in [0.5, 0.6) is 0 Å². The minimum absolute atomic E-state index is 0.231. The van der Waals surface area contributed by atoms with E-state index in [0.29, 0.717) is 6.42 Å². The molecule has 1 aromatic carbocycles. The smallest absolute Gasteiger partial charge is 0.226 e. The molecular formula is C21H24N4O. The molecule has 3 aromatic rings. The fourth-order valence-corrected chi connectivity index (χ4v) is 3.68. The number of rotatable bonds is 3. The normalized spacial score (nSPS) is 14.3. The summed E-state index contributed by atoms with van der Waals surface area (Å²) in [6.45, 7) is 5.89. The summed E-state index contributed by atoms with van der Waals surface area (Å²) in [6, 6.07) is 8.28. The van der Waals surface area contributed by atoms with Gasteiger partial charge in [-0.1, -0.05) is 6.07 Å². The molecule has 0 radical (unpaired) electrons. The number of aryl methyl sites for hydroxylation is 2. The fraction of sp³-hybridized carbons (Fsp3) is 0.381. The highest BCUT2D eigenvalue weighted by Gasteiger charge is 2.18. The highest BCUT2D eigenvalue weighted by molar-refractivity contribution is 5.87. The second-order valence-electron chi connectivity index (χ2n) is 7.19. The summed E-state index contributed by atoms with van der Waals surface area (Å²) in [6.07, 6.45) is 4.59. The molecule has 3 heterocycles. The number of carbonyl (C=O) groups is 1. The average molecular weight is 348 g/mol. The molecule has 1 aliphatic heterocycles. The zero-order chi connectivity index (χ0) is 18.3. The monoisotopic (exact) mass is 348 g/mol. The zero-order valence-corrected chi connectivity index (χ0v) is 15.6. The quantitative estimate of drug-likeness (QED) is 0.729. The van der Waals surface area contributed by atoms with Crippen molar-refractivity contribution in [2.24, 2.45) is 7.05 Å². The lowest BCUT2D eigenvalue weighted by Crippen LogP contribution is -2.29. The number of imidazole rings is 1. The van der Waals surface area contributed by atoms with Crippen LogP contribution in [0.2, 0.25) is 0 Å². The molecule has 5 nitrogen and oxygen atoms in total. The van der Waals surface area contributed by atoms with Gasteiger partial charge in [0.1, 0.15) is 5.82 Å². The zero-order valence-electron chi connectivity index (χ0n) is 15.6. The number of aromatic nitrogens is 3. The Morgan fingerprint density at radius 3 is 2.62 bits per heavy atom. The van der Waals surface area contributed by atoms with Crippen molar-refractivity contribution in [3.63, 3.8) is 0 Å². The number of carbonyl (C=O) groups excluding carboxylic acids is 1. The Morgan fingerprint density at radius 1 is 1.15 bits per heavy atom. The van der Waals surface area contributed by atoms with Gasteiger partial charge in [-0.15, -0.1) is 0 Å². The van der Waals surface area contributed by atoms with Crippen molar-refractivity contribution in [1.82, 2.24) is 19.4 Å². The number of benzene rings is 1. The molecule has 0 atom stereocenters. The maximum Gasteiger partial charge on any atom is 0.226 e. The van der Waals surface area contributed by atoms with E-state index in [-0.39, 0.29) is 5.91 Å². The van der Waals surface area contributed by atoms with Crippen molar-refractivity contribution >= 4 is 16.8 Å². The van der Waals surface area contributed by atoms with E-state index in [1.54, 1.807) is 0 Å². The first-order chi connectivity index (χ1) is 12.5. The van der Waals surface area contributed by atoms with Gasteiger partial charge in [-0.3, -0.25) is 4.79 Å². The van der Waals surface area contributed by atoms with Gasteiger partial charge >= 0.3 is 0 Å². The van der Waals surface area contributed by atoms with Crippen LogP contribution in [0.4, 0.5) is 0 Å². The fourth-order valence-electron chi connectivity index (χ4n) is 3.68. The Morgan fingerprint density at radius 2 is 1.92 bits per heavy atom. The van der Waals surface area contributed by atoms with E-state index in [1.165, 1.54) is 5.56 Å². The van der Waals surface area contributed by atoms with Gasteiger partial charge in [0.25, 0.3) is 0 Å². The van der Waals surface area contributed by atoms with Crippen LogP contribution >= 0.6 is 0 Å². The molecule has 1 fully saturated rings. The van der Waals surface area contributed by atoms with Gasteiger partial charge in [-0.2, -0.15) is 0 Å². The third-order valence-electron chi connectivity index (χ3n) is 5.38. The van der Waals surface area contributed by atoms with E-state index in [0.717, 1.165) is 59.6 Å². The molecule has 1 saturated heterocycles. The van der Waals surface area contributed by atoms with Gasteiger partial charge in [0, 0.05) is 25.5 Å². The third-order valence-corrected chi connectivity index (χ3v) is 5.38. The molecule has 4 rings (SSSR count). The molecule has 26 heavy (non-hydrogen) atoms. The Labute approximate surface area is 153 Å². The largest absolute Gasteiger partial charge is 0.342 e. The molecule has 0 N–H and O–H groups in total. The topological polar surface area (TPSA) is 51.0 Å². The number of likely N-dealkylation sites (tertiary alicyclic amines) is 1. The number of pyridine rings is 1. The molecule has 0 spiro atoms. The summed E-state index contributed by atoms with van der Waals surface area (Å²) < 4.78 is 2.05. The van der Waals surface area contributed by atoms with Crippen molar-refractivity contribution < 1.29 is 4.79 Å². The second-order valence-corrected chi connectivity index (χ2v) is 7.19. The van der Waals surface area contributed by atoms with E-state index in [9.17, 15) is 4.79 Å². The lowest BCUT2D eigenvalue weighted by atomic mass is 10.0. The Bertz CT molecular complexity index is 983. The molecule has 134 valence electrons. The van der Waals surface area contributed by atoms with Gasteiger partial charge in [-0.25, -0.2) is 9.97 Å². The molecule has 0 saturated carbocycles. The van der Waals surface area contributed by atoms with Crippen LogP contribution in [0.3, 0.4) is 0 Å². The van der Waals surface area contributed by atoms with E-state index in [4.69, 9.17) is 4.98 Å². The summed E-state index contributed by atoms with van der Waals surface area (Å²) >= 11 is 0. The first kappa shape index (κ1) is 16.8. The maximum atomic E-state index is 12.4. The number of fused-ring (bicyclic) bond motifs is 1. The lowest BCUT2D eigenvalue weighted by molar-refractivity contribution is -0.129. The molecular weight excluding hydrogens is 324 g/mol. The minimum Gasteiger partial charge on any atom is -0.342 e. The predicted molar refractivity (Wildman–Crippen MR) is 103 cm³/mol. The van der Waals surface area contributed by atoms with Gasteiger partial charge in [0.05, 0.1) is 29.5 Å². The van der Waals surface area contributed by atoms with Crippen LogP contribution < -0.4 is 0 Å². The summed E-state index contributed by atoms with van der Waals surface area (Å²) in [4.78, 5) is 23.6. The summed E-state index contributed by atoms with van der Waals surface area (Å²) in [5.41, 5.74) is 5.12. The van der Waals surface area contributed by atoms with Crippen molar-refractivity contribution in [3.8, 4) is 11.4 Å². The van der Waals surface area contributed by atoms with Crippen molar-refractivity contribution in [2.45, 2.75) is 33.1 Å². The molecule has 0 unspecified atom stereocenters. The van der Waals surface area contributed by atoms with E-state index < -0.39 is 0 Å². The molecule has 1 amide bonds. The molecule has 0 aliphatic carbocycles. The standard InChI is InChI=1S/C21H24N4O/c1-14-10-19(20-13-22-15(2)24(20)3)23-18-7-6-16(11-17(14)18)12-21(26)25-8-4-5-9-25/h6-7,10-11,13H,4-5,8-9,12H2,1-3H3. The highest BCUT2D eigenvalue weighted by Crippen LogP contribution is 2.26. The second kappa shape index (κ2) is 6.56. The summed E-state index contributed by atoms with van der Waals surface area (Å²) in [7, 11) is 2.01. The lowest BCUT2D eigenvalue weighted by Gasteiger charge is -2.15. The SMILES string of the molecule is Cc1cc(-c2cnc(C)n2C)nc2ccc(CC(=O)N3CCCC3)cc12. The van der Waals surface area contributed by atoms with Crippen LogP contribution in [0.25, 0.3) is 22.3 Å². The first-order valence-electron chi connectivity index (χ1n) is 9.19. The number of nitrogens with zero attached hydrogens (tertiary/aromatic N) is 4. The molecule has 5 heteroatoms. The van der Waals surface area contributed by atoms with Crippen LogP contribution in [0.15, 0.2) is 30.5 Å². The van der Waals surface area contributed by atoms with Gasteiger partial charge in [0.2, 0.25) is 5.91 Å². The average Bonchev–Trinajstić information content (AvgIpc) is 3.27. The molecule has 1 aliphatic rings. The van der Waals surface area contributed by atoms with Gasteiger partial charge < -0.3 is 9.47 Å². The van der Waals surface area contributed by atoms with Crippen molar-refractivity contribution in [1.29, 1.82) is 0 Å². The van der Waals surface area contributed by atoms with Crippen LogP contribution in [-0.4, -0.2) is 38.4 Å². The number of hydrogen-bond donors (Lipinski definition) is 0. The predicted octanol–water partition coefficient (Wildman–Crippen LogP) is 3.42. The van der Waals surface area contributed by atoms with Crippen LogP contribution in [0, 0.1) is 13.8 Å². The molecule has 2 aromatic heterocycles. The van der Waals surface area contributed by atoms with E-state index in [2.05, 4.69) is 28.6 Å². The number of hydrogen-bond acceptors (Lipinski definition) is 3. The first-order valence-corrected chi connectivity index (χ1v) is 9.19. The van der Waals surface area contributed by atoms with Crippen molar-refractivity contribution in [3.05, 3.63) is 47.4 Å². The van der Waals surface area contributed by atoms with Gasteiger partial charge in [-0.05, 0) is 56.0 Å². The van der Waals surface area contributed by atoms with E-state index >= 15 is 0 Å². The van der Waals surface area contributed by atoms with E-state index in [1.807, 2.05) is 37.2 Å². The highest BCUT2D eigenvalue weighted by atomic mass is 16.2. The van der Waals surface area contributed by atoms with Crippen molar-refractivity contribution in [2.75, 3.05) is 13.1 Å². The van der Waals surface area contributed by atoms with Crippen LogP contribution in [-0.2, 0) is 18.3 Å². The summed E-state index contributed by atoms with van der Waals surface area (Å²) in [5.74, 6) is 1.20. The third kappa shape index (κ3) is 2.98. The maximum absolute atomic E-state index is 12.4. The Hall–Kier alpha value is -2.69.